The number of anilines is 2. The summed E-state index contributed by atoms with van der Waals surface area (Å²) in [5.74, 6) is 1.24. The van der Waals surface area contributed by atoms with Crippen molar-refractivity contribution in [2.45, 2.75) is 32.6 Å². The van der Waals surface area contributed by atoms with E-state index in [9.17, 15) is 8.42 Å². The maximum atomic E-state index is 11.0. The van der Waals surface area contributed by atoms with E-state index in [1.54, 1.807) is 0 Å². The van der Waals surface area contributed by atoms with E-state index in [-0.39, 0.29) is 11.2 Å². The van der Waals surface area contributed by atoms with Gasteiger partial charge in [-0.05, 0) is 41.7 Å². The molecule has 134 valence electrons. The lowest BCUT2D eigenvalue weighted by Gasteiger charge is -2.34. The van der Waals surface area contributed by atoms with Gasteiger partial charge in [-0.3, -0.25) is 4.55 Å². The second kappa shape index (κ2) is 6.35. The van der Waals surface area contributed by atoms with E-state index < -0.39 is 10.1 Å². The lowest BCUT2D eigenvalue weighted by atomic mass is 9.86. The minimum Gasteiger partial charge on any atom is -0.453 e. The minimum absolute atomic E-state index is 0.00511. The van der Waals surface area contributed by atoms with Crippen LogP contribution >= 0.6 is 0 Å². The normalized spacial score (nSPS) is 13.8. The number of rotatable bonds is 4. The summed E-state index contributed by atoms with van der Waals surface area (Å²) in [7, 11) is -3.96. The monoisotopic (exact) mass is 361 g/mol. The van der Waals surface area contributed by atoms with Crippen molar-refractivity contribution in [2.75, 3.05) is 17.2 Å². The lowest BCUT2D eigenvalue weighted by molar-refractivity contribution is 0.468. The van der Waals surface area contributed by atoms with Crippen molar-refractivity contribution in [3.63, 3.8) is 0 Å². The first-order valence-electron chi connectivity index (χ1n) is 8.29. The molecular weight excluding hydrogens is 338 g/mol. The van der Waals surface area contributed by atoms with E-state index in [1.807, 2.05) is 41.3 Å². The third-order valence-electron chi connectivity index (χ3n) is 4.28. The fourth-order valence-electron chi connectivity index (χ4n) is 2.95. The quantitative estimate of drug-likeness (QED) is 0.812. The van der Waals surface area contributed by atoms with Crippen LogP contribution in [0, 0.1) is 0 Å². The van der Waals surface area contributed by atoms with Crippen LogP contribution in [0.25, 0.3) is 0 Å². The second-order valence-corrected chi connectivity index (χ2v) is 8.87. The smallest absolute Gasteiger partial charge is 0.264 e. The average Bonchev–Trinajstić information content (AvgIpc) is 2.51. The van der Waals surface area contributed by atoms with Crippen molar-refractivity contribution in [3.05, 3.63) is 48.0 Å². The van der Waals surface area contributed by atoms with Gasteiger partial charge in [-0.1, -0.05) is 39.0 Å². The summed E-state index contributed by atoms with van der Waals surface area (Å²) in [5.41, 5.74) is 2.98. The molecule has 1 N–H and O–H groups in total. The summed E-state index contributed by atoms with van der Waals surface area (Å²) in [6.45, 7) is 6.92. The zero-order valence-corrected chi connectivity index (χ0v) is 15.5. The van der Waals surface area contributed by atoms with Crippen molar-refractivity contribution in [2.24, 2.45) is 0 Å². The van der Waals surface area contributed by atoms with E-state index in [4.69, 9.17) is 9.29 Å². The van der Waals surface area contributed by atoms with Crippen molar-refractivity contribution in [1.29, 1.82) is 0 Å². The predicted octanol–water partition coefficient (Wildman–Crippen LogP) is 4.51. The van der Waals surface area contributed by atoms with Gasteiger partial charge < -0.3 is 9.64 Å². The third-order valence-corrected chi connectivity index (χ3v) is 5.08. The van der Waals surface area contributed by atoms with Gasteiger partial charge in [0.15, 0.2) is 11.5 Å². The topological polar surface area (TPSA) is 66.8 Å². The first-order valence-corrected chi connectivity index (χ1v) is 9.90. The summed E-state index contributed by atoms with van der Waals surface area (Å²) >= 11 is 0. The van der Waals surface area contributed by atoms with Crippen molar-refractivity contribution in [3.8, 4) is 11.5 Å². The molecule has 0 amide bonds. The molecule has 0 spiro atoms. The Kier molecular flexibility index (Phi) is 4.51. The maximum Gasteiger partial charge on any atom is 0.264 e. The molecular formula is C19H23NO4S. The van der Waals surface area contributed by atoms with Gasteiger partial charge in [-0.25, -0.2) is 0 Å². The van der Waals surface area contributed by atoms with Crippen LogP contribution in [0.5, 0.6) is 11.5 Å². The minimum atomic E-state index is -3.96. The molecule has 1 heterocycles. The van der Waals surface area contributed by atoms with Gasteiger partial charge in [0, 0.05) is 6.54 Å². The Balaban J connectivity index is 1.97. The van der Waals surface area contributed by atoms with E-state index >= 15 is 0 Å². The summed E-state index contributed by atoms with van der Waals surface area (Å²) in [5, 5.41) is 0. The number of para-hydroxylation sites is 2. The molecule has 25 heavy (non-hydrogen) atoms. The Bertz CT molecular complexity index is 885. The molecule has 0 saturated carbocycles. The van der Waals surface area contributed by atoms with Crippen molar-refractivity contribution >= 4 is 21.5 Å². The van der Waals surface area contributed by atoms with E-state index in [0.717, 1.165) is 22.9 Å². The molecule has 0 unspecified atom stereocenters. The van der Waals surface area contributed by atoms with Crippen molar-refractivity contribution < 1.29 is 17.7 Å². The van der Waals surface area contributed by atoms with Crippen LogP contribution in [0.4, 0.5) is 11.4 Å². The summed E-state index contributed by atoms with van der Waals surface area (Å²) in [6, 6.07) is 13.8. The van der Waals surface area contributed by atoms with Crippen LogP contribution in [0.2, 0.25) is 0 Å². The number of hydrogen-bond acceptors (Lipinski definition) is 4. The Morgan fingerprint density at radius 1 is 1.04 bits per heavy atom. The van der Waals surface area contributed by atoms with Gasteiger partial charge in [0.25, 0.3) is 10.1 Å². The number of fused-ring (bicyclic) bond motifs is 2. The summed E-state index contributed by atoms with van der Waals surface area (Å²) in [6.07, 6.45) is 0.327. The second-order valence-electron chi connectivity index (χ2n) is 7.29. The molecule has 1 aliphatic rings. The Hall–Kier alpha value is -2.05. The number of nitrogens with zero attached hydrogens (tertiary/aromatic N) is 1. The standard InChI is InChI=1S/C19H23NO4S/c1-19(2,3)14-9-10-16-18(13-14)24-17-8-5-4-7-15(17)20(16)11-6-12-25(21,22)23/h4-5,7-10,13H,6,11-12H2,1-3H3,(H,21,22,23). The molecule has 2 aromatic rings. The van der Waals surface area contributed by atoms with Crippen LogP contribution in [-0.2, 0) is 15.5 Å². The zero-order chi connectivity index (χ0) is 18.2. The van der Waals surface area contributed by atoms with Gasteiger partial charge in [-0.15, -0.1) is 0 Å². The number of ether oxygens (including phenoxy) is 1. The SMILES string of the molecule is CC(C)(C)c1ccc2c(c1)Oc1ccccc1N2CCCS(=O)(=O)O. The summed E-state index contributed by atoms with van der Waals surface area (Å²) < 4.78 is 37.1. The third kappa shape index (κ3) is 3.96. The fourth-order valence-corrected chi connectivity index (χ4v) is 3.44. The molecule has 1 aliphatic heterocycles. The van der Waals surface area contributed by atoms with Gasteiger partial charge in [0.2, 0.25) is 0 Å². The first kappa shape index (κ1) is 17.8. The van der Waals surface area contributed by atoms with Gasteiger partial charge in [0.1, 0.15) is 0 Å². The number of benzene rings is 2. The fraction of sp³-hybridized carbons (Fsp3) is 0.368. The zero-order valence-electron chi connectivity index (χ0n) is 14.7. The van der Waals surface area contributed by atoms with Crippen LogP contribution in [0.3, 0.4) is 0 Å². The molecule has 0 saturated heterocycles. The molecule has 0 aliphatic carbocycles. The Labute approximate surface area is 149 Å². The van der Waals surface area contributed by atoms with Crippen LogP contribution < -0.4 is 9.64 Å². The molecule has 5 nitrogen and oxygen atoms in total. The number of hydrogen-bond donors (Lipinski definition) is 1. The van der Waals surface area contributed by atoms with E-state index in [1.165, 1.54) is 5.56 Å². The van der Waals surface area contributed by atoms with Gasteiger partial charge in [0.05, 0.1) is 17.1 Å². The van der Waals surface area contributed by atoms with Crippen LogP contribution in [-0.4, -0.2) is 25.3 Å². The molecule has 0 fully saturated rings. The highest BCUT2D eigenvalue weighted by Gasteiger charge is 2.26. The van der Waals surface area contributed by atoms with E-state index in [0.29, 0.717) is 13.0 Å². The van der Waals surface area contributed by atoms with Gasteiger partial charge in [-0.2, -0.15) is 8.42 Å². The Morgan fingerprint density at radius 3 is 2.40 bits per heavy atom. The predicted molar refractivity (Wildman–Crippen MR) is 99.7 cm³/mol. The van der Waals surface area contributed by atoms with Gasteiger partial charge >= 0.3 is 0 Å². The molecule has 6 heteroatoms. The van der Waals surface area contributed by atoms with Crippen molar-refractivity contribution in [1.82, 2.24) is 0 Å². The largest absolute Gasteiger partial charge is 0.453 e. The molecule has 0 radical (unpaired) electrons. The highest BCUT2D eigenvalue weighted by atomic mass is 32.2. The first-order chi connectivity index (χ1) is 11.6. The summed E-state index contributed by atoms with van der Waals surface area (Å²) in [4.78, 5) is 2.05. The molecule has 0 atom stereocenters. The van der Waals surface area contributed by atoms with E-state index in [2.05, 4.69) is 26.8 Å². The van der Waals surface area contributed by atoms with Crippen LogP contribution in [0.1, 0.15) is 32.8 Å². The maximum absolute atomic E-state index is 11.0. The highest BCUT2D eigenvalue weighted by molar-refractivity contribution is 7.85. The molecule has 0 bridgehead atoms. The lowest BCUT2D eigenvalue weighted by Crippen LogP contribution is -2.24. The highest BCUT2D eigenvalue weighted by Crippen LogP contribution is 2.47. The average molecular weight is 361 g/mol. The van der Waals surface area contributed by atoms with Crippen LogP contribution in [0.15, 0.2) is 42.5 Å². The molecule has 0 aromatic heterocycles. The molecule has 3 rings (SSSR count). The Morgan fingerprint density at radius 2 is 1.72 bits per heavy atom. The molecule has 2 aromatic carbocycles.